The zero-order chi connectivity index (χ0) is 10.6. The Bertz CT molecular complexity index is 292. The summed E-state index contributed by atoms with van der Waals surface area (Å²) in [6.45, 7) is 6.58. The molecule has 14 heavy (non-hydrogen) atoms. The van der Waals surface area contributed by atoms with Crippen LogP contribution in [0.5, 0.6) is 0 Å². The monoisotopic (exact) mass is 209 g/mol. The Hall–Kier alpha value is -0.630. The van der Waals surface area contributed by atoms with Crippen molar-refractivity contribution in [3.63, 3.8) is 0 Å². The van der Waals surface area contributed by atoms with Crippen LogP contribution < -0.4 is 5.73 Å². The Morgan fingerprint density at radius 3 is 2.50 bits per heavy atom. The standard InChI is InChI=1S/C12H19NS/c1-4-10(5-2)14-12-8-6-7-11(13)9(12)3/h6-8,10H,4-5,13H2,1-3H3. The SMILES string of the molecule is CCC(CC)Sc1cccc(N)c1C. The van der Waals surface area contributed by atoms with Gasteiger partial charge in [0.1, 0.15) is 0 Å². The topological polar surface area (TPSA) is 26.0 Å². The van der Waals surface area contributed by atoms with Gasteiger partial charge in [-0.3, -0.25) is 0 Å². The number of nitrogens with two attached hydrogens (primary N) is 1. The van der Waals surface area contributed by atoms with Gasteiger partial charge in [-0.2, -0.15) is 0 Å². The summed E-state index contributed by atoms with van der Waals surface area (Å²) in [6, 6.07) is 6.16. The van der Waals surface area contributed by atoms with E-state index in [1.54, 1.807) is 0 Å². The van der Waals surface area contributed by atoms with Crippen LogP contribution in [0.3, 0.4) is 0 Å². The number of rotatable bonds is 4. The first kappa shape index (κ1) is 11.4. The molecule has 0 saturated carbocycles. The van der Waals surface area contributed by atoms with Crippen molar-refractivity contribution in [1.82, 2.24) is 0 Å². The van der Waals surface area contributed by atoms with Gasteiger partial charge in [0.05, 0.1) is 0 Å². The number of hydrogen-bond acceptors (Lipinski definition) is 2. The minimum atomic E-state index is 0.718. The first-order valence-electron chi connectivity index (χ1n) is 5.20. The molecule has 78 valence electrons. The Kier molecular flexibility index (Phi) is 4.33. The first-order chi connectivity index (χ1) is 6.69. The van der Waals surface area contributed by atoms with Crippen LogP contribution in [0.4, 0.5) is 5.69 Å². The van der Waals surface area contributed by atoms with E-state index in [2.05, 4.69) is 26.8 Å². The summed E-state index contributed by atoms with van der Waals surface area (Å²) < 4.78 is 0. The summed E-state index contributed by atoms with van der Waals surface area (Å²) in [4.78, 5) is 1.33. The zero-order valence-electron chi connectivity index (χ0n) is 9.21. The summed E-state index contributed by atoms with van der Waals surface area (Å²) in [5, 5.41) is 0.718. The molecular weight excluding hydrogens is 190 g/mol. The highest BCUT2D eigenvalue weighted by molar-refractivity contribution is 8.00. The van der Waals surface area contributed by atoms with Crippen molar-refractivity contribution in [1.29, 1.82) is 0 Å². The van der Waals surface area contributed by atoms with Crippen LogP contribution in [0.1, 0.15) is 32.3 Å². The Morgan fingerprint density at radius 1 is 1.29 bits per heavy atom. The molecule has 2 N–H and O–H groups in total. The highest BCUT2D eigenvalue weighted by Gasteiger charge is 2.08. The molecule has 0 heterocycles. The Labute approximate surface area is 91.1 Å². The Balaban J connectivity index is 2.80. The van der Waals surface area contributed by atoms with E-state index < -0.39 is 0 Å². The fourth-order valence-electron chi connectivity index (χ4n) is 1.39. The van der Waals surface area contributed by atoms with Crippen molar-refractivity contribution in [2.75, 3.05) is 5.73 Å². The van der Waals surface area contributed by atoms with E-state index in [1.165, 1.54) is 23.3 Å². The molecule has 0 radical (unpaired) electrons. The summed E-state index contributed by atoms with van der Waals surface area (Å²) in [7, 11) is 0. The molecule has 0 spiro atoms. The van der Waals surface area contributed by atoms with Crippen LogP contribution in [-0.4, -0.2) is 5.25 Å². The molecule has 2 heteroatoms. The fourth-order valence-corrected chi connectivity index (χ4v) is 2.54. The lowest BCUT2D eigenvalue weighted by molar-refractivity contribution is 0.792. The maximum atomic E-state index is 5.87. The van der Waals surface area contributed by atoms with E-state index in [4.69, 9.17) is 5.73 Å². The molecule has 0 atom stereocenters. The van der Waals surface area contributed by atoms with Crippen LogP contribution in [0.2, 0.25) is 0 Å². The van der Waals surface area contributed by atoms with Gasteiger partial charge in [-0.25, -0.2) is 0 Å². The lowest BCUT2D eigenvalue weighted by Gasteiger charge is -2.14. The molecule has 1 aromatic rings. The molecule has 1 rings (SSSR count). The number of thioether (sulfide) groups is 1. The highest BCUT2D eigenvalue weighted by atomic mass is 32.2. The number of hydrogen-bond donors (Lipinski definition) is 1. The van der Waals surface area contributed by atoms with E-state index in [1.807, 2.05) is 23.9 Å². The van der Waals surface area contributed by atoms with E-state index in [0.717, 1.165) is 10.9 Å². The third-order valence-electron chi connectivity index (χ3n) is 2.53. The zero-order valence-corrected chi connectivity index (χ0v) is 10.0. The molecule has 1 nitrogen and oxygen atoms in total. The molecule has 0 aliphatic heterocycles. The minimum Gasteiger partial charge on any atom is -0.398 e. The minimum absolute atomic E-state index is 0.718. The summed E-state index contributed by atoms with van der Waals surface area (Å²) in [6.07, 6.45) is 2.44. The van der Waals surface area contributed by atoms with E-state index in [-0.39, 0.29) is 0 Å². The second-order valence-electron chi connectivity index (χ2n) is 3.53. The largest absolute Gasteiger partial charge is 0.398 e. The molecule has 1 aromatic carbocycles. The van der Waals surface area contributed by atoms with E-state index in [9.17, 15) is 0 Å². The number of anilines is 1. The molecule has 0 aliphatic carbocycles. The molecule has 0 aromatic heterocycles. The smallest absolute Gasteiger partial charge is 0.0354 e. The highest BCUT2D eigenvalue weighted by Crippen LogP contribution is 2.31. The third kappa shape index (κ3) is 2.68. The van der Waals surface area contributed by atoms with Crippen molar-refractivity contribution in [2.24, 2.45) is 0 Å². The van der Waals surface area contributed by atoms with Gasteiger partial charge in [0.15, 0.2) is 0 Å². The van der Waals surface area contributed by atoms with Crippen molar-refractivity contribution < 1.29 is 0 Å². The molecule has 0 bridgehead atoms. The van der Waals surface area contributed by atoms with Gasteiger partial charge in [0.25, 0.3) is 0 Å². The Morgan fingerprint density at radius 2 is 1.93 bits per heavy atom. The number of benzene rings is 1. The van der Waals surface area contributed by atoms with Gasteiger partial charge in [0, 0.05) is 15.8 Å². The lowest BCUT2D eigenvalue weighted by Crippen LogP contribution is -1.99. The van der Waals surface area contributed by atoms with Crippen LogP contribution in [0.25, 0.3) is 0 Å². The van der Waals surface area contributed by atoms with Gasteiger partial charge < -0.3 is 5.73 Å². The van der Waals surface area contributed by atoms with Gasteiger partial charge in [0.2, 0.25) is 0 Å². The second-order valence-corrected chi connectivity index (χ2v) is 4.87. The third-order valence-corrected chi connectivity index (χ3v) is 4.23. The van der Waals surface area contributed by atoms with E-state index in [0.29, 0.717) is 0 Å². The molecule has 0 aliphatic rings. The summed E-state index contributed by atoms with van der Waals surface area (Å²) in [5.41, 5.74) is 8.00. The van der Waals surface area contributed by atoms with Gasteiger partial charge in [-0.15, -0.1) is 11.8 Å². The first-order valence-corrected chi connectivity index (χ1v) is 6.08. The van der Waals surface area contributed by atoms with Crippen molar-refractivity contribution >= 4 is 17.4 Å². The molecule has 0 fully saturated rings. The maximum absolute atomic E-state index is 5.87. The van der Waals surface area contributed by atoms with Crippen LogP contribution in [0.15, 0.2) is 23.1 Å². The second kappa shape index (κ2) is 5.30. The maximum Gasteiger partial charge on any atom is 0.0354 e. The average Bonchev–Trinajstić information content (AvgIpc) is 2.20. The van der Waals surface area contributed by atoms with Crippen molar-refractivity contribution in [3.05, 3.63) is 23.8 Å². The van der Waals surface area contributed by atoms with Crippen molar-refractivity contribution in [3.8, 4) is 0 Å². The summed E-state index contributed by atoms with van der Waals surface area (Å²) >= 11 is 1.95. The average molecular weight is 209 g/mol. The molecule has 0 amide bonds. The van der Waals surface area contributed by atoms with E-state index >= 15 is 0 Å². The molecular formula is C12H19NS. The quantitative estimate of drug-likeness (QED) is 0.602. The fraction of sp³-hybridized carbons (Fsp3) is 0.500. The van der Waals surface area contributed by atoms with Crippen LogP contribution in [0, 0.1) is 6.92 Å². The summed E-state index contributed by atoms with van der Waals surface area (Å²) in [5.74, 6) is 0. The van der Waals surface area contributed by atoms with Crippen molar-refractivity contribution in [2.45, 2.75) is 43.8 Å². The number of nitrogen functional groups attached to an aromatic ring is 1. The molecule has 0 saturated heterocycles. The predicted octanol–water partition coefficient (Wildman–Crippen LogP) is 3.86. The van der Waals surface area contributed by atoms with Gasteiger partial charge in [-0.1, -0.05) is 19.9 Å². The van der Waals surface area contributed by atoms with Gasteiger partial charge in [-0.05, 0) is 37.5 Å². The predicted molar refractivity (Wildman–Crippen MR) is 65.8 cm³/mol. The van der Waals surface area contributed by atoms with Crippen LogP contribution >= 0.6 is 11.8 Å². The van der Waals surface area contributed by atoms with Crippen LogP contribution in [-0.2, 0) is 0 Å². The lowest BCUT2D eigenvalue weighted by atomic mass is 10.2. The molecule has 0 unspecified atom stereocenters. The van der Waals surface area contributed by atoms with Gasteiger partial charge >= 0.3 is 0 Å². The normalized spacial score (nSPS) is 10.9.